The van der Waals surface area contributed by atoms with E-state index in [2.05, 4.69) is 22.0 Å². The van der Waals surface area contributed by atoms with Crippen molar-refractivity contribution in [3.05, 3.63) is 10.3 Å². The number of thiol groups is 1. The van der Waals surface area contributed by atoms with Crippen LogP contribution in [0.15, 0.2) is 0 Å². The molecule has 0 radical (unpaired) electrons. The van der Waals surface area contributed by atoms with Crippen LogP contribution in [0, 0.1) is 0 Å². The van der Waals surface area contributed by atoms with Crippen molar-refractivity contribution in [1.29, 1.82) is 0 Å². The van der Waals surface area contributed by atoms with Crippen molar-refractivity contribution in [2.24, 2.45) is 0 Å². The molecule has 0 spiro atoms. The molecule has 1 heterocycles. The van der Waals surface area contributed by atoms with Crippen molar-refractivity contribution < 1.29 is 0 Å². The van der Waals surface area contributed by atoms with E-state index in [-0.39, 0.29) is 0 Å². The molecule has 0 aliphatic rings. The van der Waals surface area contributed by atoms with Gasteiger partial charge in [0.2, 0.25) is 4.47 Å². The average molecular weight is 167 g/mol. The van der Waals surface area contributed by atoms with Gasteiger partial charge in [-0.25, -0.2) is 4.98 Å². The second-order valence-electron chi connectivity index (χ2n) is 1.12. The largest absolute Gasteiger partial charge is 0.207 e. The summed E-state index contributed by atoms with van der Waals surface area (Å²) in [5.74, 6) is 1.26. The summed E-state index contributed by atoms with van der Waals surface area (Å²) in [5, 5.41) is 0. The van der Waals surface area contributed by atoms with E-state index in [4.69, 9.17) is 11.6 Å². The zero-order valence-electron chi connectivity index (χ0n) is 3.83. The van der Waals surface area contributed by atoms with Gasteiger partial charge in [-0.1, -0.05) is 0 Å². The smallest absolute Gasteiger partial charge is 0.203 e. The minimum Gasteiger partial charge on any atom is -0.207 e. The lowest BCUT2D eigenvalue weighted by atomic mass is 10.7. The topological polar surface area (TPSA) is 25.8 Å². The molecule has 0 aliphatic heterocycles. The average Bonchev–Trinajstić information content (AvgIpc) is 2.14. The molecule has 1 rings (SSSR count). The lowest BCUT2D eigenvalue weighted by Crippen LogP contribution is -1.76. The molecule has 0 N–H and O–H groups in total. The molecular formula is C3H3ClN2S2. The van der Waals surface area contributed by atoms with Crippen molar-refractivity contribution >= 4 is 35.8 Å². The SMILES string of the molecule is SCc1nsc(Cl)n1. The fourth-order valence-electron chi connectivity index (χ4n) is 0.297. The van der Waals surface area contributed by atoms with Crippen molar-refractivity contribution in [3.8, 4) is 0 Å². The Morgan fingerprint density at radius 1 is 1.75 bits per heavy atom. The molecule has 0 atom stereocenters. The van der Waals surface area contributed by atoms with Gasteiger partial charge in [0.1, 0.15) is 0 Å². The van der Waals surface area contributed by atoms with Gasteiger partial charge in [0.15, 0.2) is 5.82 Å². The molecule has 0 fully saturated rings. The van der Waals surface area contributed by atoms with Crippen LogP contribution in [-0.2, 0) is 5.75 Å². The van der Waals surface area contributed by atoms with Gasteiger partial charge >= 0.3 is 0 Å². The van der Waals surface area contributed by atoms with E-state index in [0.717, 1.165) is 0 Å². The molecule has 0 aromatic carbocycles. The highest BCUT2D eigenvalue weighted by molar-refractivity contribution is 7.79. The summed E-state index contributed by atoms with van der Waals surface area (Å²) in [4.78, 5) is 3.83. The number of nitrogens with zero attached hydrogens (tertiary/aromatic N) is 2. The van der Waals surface area contributed by atoms with Crippen LogP contribution >= 0.6 is 35.8 Å². The molecule has 0 saturated carbocycles. The molecule has 2 nitrogen and oxygen atoms in total. The summed E-state index contributed by atoms with van der Waals surface area (Å²) in [6.07, 6.45) is 0. The maximum absolute atomic E-state index is 5.45. The van der Waals surface area contributed by atoms with Crippen molar-refractivity contribution in [2.75, 3.05) is 0 Å². The van der Waals surface area contributed by atoms with E-state index >= 15 is 0 Å². The second kappa shape index (κ2) is 2.66. The van der Waals surface area contributed by atoms with Crippen LogP contribution in [0.1, 0.15) is 5.82 Å². The number of aromatic nitrogens is 2. The Hall–Kier alpha value is 0.200. The number of halogens is 1. The van der Waals surface area contributed by atoms with E-state index in [1.807, 2.05) is 0 Å². The molecule has 5 heteroatoms. The first-order valence-electron chi connectivity index (χ1n) is 1.92. The van der Waals surface area contributed by atoms with Gasteiger partial charge in [-0.3, -0.25) is 0 Å². The van der Waals surface area contributed by atoms with Crippen molar-refractivity contribution in [2.45, 2.75) is 5.75 Å². The Kier molecular flexibility index (Phi) is 2.10. The molecule has 8 heavy (non-hydrogen) atoms. The molecule has 44 valence electrons. The van der Waals surface area contributed by atoms with E-state index in [9.17, 15) is 0 Å². The summed E-state index contributed by atoms with van der Waals surface area (Å²) in [7, 11) is 0. The Morgan fingerprint density at radius 2 is 2.50 bits per heavy atom. The molecular weight excluding hydrogens is 164 g/mol. The summed E-state index contributed by atoms with van der Waals surface area (Å²) in [6, 6.07) is 0. The Morgan fingerprint density at radius 3 is 2.75 bits per heavy atom. The third kappa shape index (κ3) is 1.34. The zero-order chi connectivity index (χ0) is 5.98. The van der Waals surface area contributed by atoms with Crippen LogP contribution in [0.25, 0.3) is 0 Å². The monoisotopic (exact) mass is 166 g/mol. The van der Waals surface area contributed by atoms with Crippen LogP contribution in [0.3, 0.4) is 0 Å². The van der Waals surface area contributed by atoms with Crippen LogP contribution in [0.4, 0.5) is 0 Å². The molecule has 0 aliphatic carbocycles. The summed E-state index contributed by atoms with van der Waals surface area (Å²) < 4.78 is 4.34. The summed E-state index contributed by atoms with van der Waals surface area (Å²) in [6.45, 7) is 0. The first-order valence-corrected chi connectivity index (χ1v) is 3.70. The highest BCUT2D eigenvalue weighted by atomic mass is 35.5. The lowest BCUT2D eigenvalue weighted by Gasteiger charge is -1.75. The summed E-state index contributed by atoms with van der Waals surface area (Å²) >= 11 is 10.6. The fourth-order valence-corrected chi connectivity index (χ4v) is 1.17. The first-order chi connectivity index (χ1) is 3.83. The van der Waals surface area contributed by atoms with Crippen molar-refractivity contribution in [1.82, 2.24) is 9.36 Å². The van der Waals surface area contributed by atoms with Gasteiger partial charge in [-0.15, -0.1) is 0 Å². The molecule has 0 amide bonds. The van der Waals surface area contributed by atoms with Gasteiger partial charge in [0, 0.05) is 0 Å². The van der Waals surface area contributed by atoms with E-state index in [0.29, 0.717) is 16.0 Å². The van der Waals surface area contributed by atoms with Gasteiger partial charge in [0.05, 0.1) is 5.75 Å². The predicted molar refractivity (Wildman–Crippen MR) is 37.6 cm³/mol. The van der Waals surface area contributed by atoms with Crippen LogP contribution < -0.4 is 0 Å². The van der Waals surface area contributed by atoms with E-state index in [1.54, 1.807) is 0 Å². The molecule has 0 unspecified atom stereocenters. The standard InChI is InChI=1S/C3H3ClN2S2/c4-3-5-2(1-7)6-8-3/h7H,1H2. The van der Waals surface area contributed by atoms with Gasteiger partial charge in [-0.05, 0) is 23.1 Å². The van der Waals surface area contributed by atoms with E-state index < -0.39 is 0 Å². The summed E-state index contributed by atoms with van der Waals surface area (Å²) in [5.41, 5.74) is 0. The second-order valence-corrected chi connectivity index (χ2v) is 2.77. The molecule has 1 aromatic rings. The fraction of sp³-hybridized carbons (Fsp3) is 0.333. The normalized spacial score (nSPS) is 9.75. The lowest BCUT2D eigenvalue weighted by molar-refractivity contribution is 1.14. The predicted octanol–water partition coefficient (Wildman–Crippen LogP) is 1.62. The molecule has 0 bridgehead atoms. The first kappa shape index (κ1) is 6.32. The Bertz CT molecular complexity index is 176. The Balaban J connectivity index is 2.84. The van der Waals surface area contributed by atoms with Crippen molar-refractivity contribution in [3.63, 3.8) is 0 Å². The maximum atomic E-state index is 5.45. The third-order valence-electron chi connectivity index (χ3n) is 0.585. The van der Waals surface area contributed by atoms with Gasteiger partial charge < -0.3 is 0 Å². The van der Waals surface area contributed by atoms with Crippen LogP contribution in [0.5, 0.6) is 0 Å². The van der Waals surface area contributed by atoms with Crippen LogP contribution in [-0.4, -0.2) is 9.36 Å². The van der Waals surface area contributed by atoms with E-state index in [1.165, 1.54) is 11.5 Å². The highest BCUT2D eigenvalue weighted by Gasteiger charge is 1.95. The highest BCUT2D eigenvalue weighted by Crippen LogP contribution is 2.11. The number of hydrogen-bond donors (Lipinski definition) is 1. The van der Waals surface area contributed by atoms with Gasteiger partial charge in [-0.2, -0.15) is 17.0 Å². The molecule has 0 saturated heterocycles. The zero-order valence-corrected chi connectivity index (χ0v) is 6.30. The minimum absolute atomic E-state index is 0.481. The number of rotatable bonds is 1. The van der Waals surface area contributed by atoms with Gasteiger partial charge in [0.25, 0.3) is 0 Å². The van der Waals surface area contributed by atoms with Crippen LogP contribution in [0.2, 0.25) is 4.47 Å². The minimum atomic E-state index is 0.481. The molecule has 1 aromatic heterocycles. The number of hydrogen-bond acceptors (Lipinski definition) is 4. The maximum Gasteiger partial charge on any atom is 0.203 e. The third-order valence-corrected chi connectivity index (χ3v) is 1.70. The quantitative estimate of drug-likeness (QED) is 0.642. The Labute approximate surface area is 61.5 Å².